The quantitative estimate of drug-likeness (QED) is 0.506. The molecule has 0 atom stereocenters. The predicted molar refractivity (Wildman–Crippen MR) is 104 cm³/mol. The largest absolute Gasteiger partial charge is 0.493 e. The van der Waals surface area contributed by atoms with Gasteiger partial charge in [0.25, 0.3) is 0 Å². The van der Waals surface area contributed by atoms with Crippen LogP contribution in [0, 0.1) is 0 Å². The second kappa shape index (κ2) is 10.7. The molecule has 8 nitrogen and oxygen atoms in total. The van der Waals surface area contributed by atoms with Crippen LogP contribution in [0.25, 0.3) is 0 Å². The van der Waals surface area contributed by atoms with Crippen molar-refractivity contribution in [1.82, 2.24) is 5.32 Å². The zero-order valence-corrected chi connectivity index (χ0v) is 16.1. The number of benzene rings is 2. The van der Waals surface area contributed by atoms with Gasteiger partial charge < -0.3 is 29.6 Å². The van der Waals surface area contributed by atoms with Crippen LogP contribution in [0.1, 0.15) is 17.3 Å². The molecule has 0 heterocycles. The molecular formula is C20H24N2O6. The van der Waals surface area contributed by atoms with E-state index >= 15 is 0 Å². The van der Waals surface area contributed by atoms with Gasteiger partial charge in [0, 0.05) is 0 Å². The average Bonchev–Trinajstić information content (AvgIpc) is 2.71. The summed E-state index contributed by atoms with van der Waals surface area (Å²) in [6.07, 6.45) is 0. The van der Waals surface area contributed by atoms with Crippen molar-refractivity contribution in [1.29, 1.82) is 0 Å². The molecule has 0 saturated heterocycles. The zero-order valence-electron chi connectivity index (χ0n) is 16.1. The van der Waals surface area contributed by atoms with E-state index in [1.54, 1.807) is 56.5 Å². The molecule has 2 aromatic rings. The molecule has 0 fully saturated rings. The Balaban J connectivity index is 1.87. The van der Waals surface area contributed by atoms with Crippen molar-refractivity contribution in [2.45, 2.75) is 6.92 Å². The number of carbonyl (C=O) groups is 2. The van der Waals surface area contributed by atoms with Gasteiger partial charge in [-0.1, -0.05) is 18.2 Å². The fourth-order valence-electron chi connectivity index (χ4n) is 2.44. The van der Waals surface area contributed by atoms with Gasteiger partial charge in [-0.25, -0.2) is 9.59 Å². The first kappa shape index (κ1) is 20.9. The van der Waals surface area contributed by atoms with Crippen molar-refractivity contribution in [3.05, 3.63) is 48.0 Å². The Bertz CT molecular complexity index is 809. The Kier molecular flexibility index (Phi) is 7.95. The summed E-state index contributed by atoms with van der Waals surface area (Å²) in [5, 5.41) is 5.30. The van der Waals surface area contributed by atoms with Crippen LogP contribution in [0.5, 0.6) is 17.2 Å². The van der Waals surface area contributed by atoms with E-state index in [4.69, 9.17) is 18.9 Å². The van der Waals surface area contributed by atoms with Crippen molar-refractivity contribution in [3.63, 3.8) is 0 Å². The van der Waals surface area contributed by atoms with Crippen LogP contribution < -0.4 is 24.8 Å². The lowest BCUT2D eigenvalue weighted by atomic mass is 10.2. The number of hydrogen-bond acceptors (Lipinski definition) is 6. The summed E-state index contributed by atoms with van der Waals surface area (Å²) in [5.74, 6) is 1.06. The first-order valence-electron chi connectivity index (χ1n) is 8.75. The van der Waals surface area contributed by atoms with E-state index in [2.05, 4.69) is 10.6 Å². The maximum Gasteiger partial charge on any atom is 0.340 e. The first-order valence-corrected chi connectivity index (χ1v) is 8.75. The molecule has 0 spiro atoms. The lowest BCUT2D eigenvalue weighted by Crippen LogP contribution is -2.32. The Morgan fingerprint density at radius 1 is 0.964 bits per heavy atom. The summed E-state index contributed by atoms with van der Waals surface area (Å²) >= 11 is 0. The Labute approximate surface area is 163 Å². The number of anilines is 1. The molecule has 0 bridgehead atoms. The number of amides is 2. The lowest BCUT2D eigenvalue weighted by molar-refractivity contribution is 0.0527. The van der Waals surface area contributed by atoms with E-state index < -0.39 is 12.0 Å². The molecule has 0 aliphatic rings. The number of urea groups is 1. The number of ether oxygens (including phenoxy) is 4. The number of methoxy groups -OCH3 is 2. The third kappa shape index (κ3) is 5.54. The fraction of sp³-hybridized carbons (Fsp3) is 0.300. The van der Waals surface area contributed by atoms with E-state index in [1.165, 1.54) is 7.11 Å². The third-order valence-corrected chi connectivity index (χ3v) is 3.68. The Morgan fingerprint density at radius 2 is 1.71 bits per heavy atom. The normalized spacial score (nSPS) is 9.96. The molecule has 150 valence electrons. The van der Waals surface area contributed by atoms with Crippen LogP contribution in [0.3, 0.4) is 0 Å². The van der Waals surface area contributed by atoms with Gasteiger partial charge in [-0.3, -0.25) is 0 Å². The van der Waals surface area contributed by atoms with Gasteiger partial charge in [0.2, 0.25) is 5.75 Å². The molecule has 0 aliphatic heterocycles. The van der Waals surface area contributed by atoms with Crippen molar-refractivity contribution in [2.24, 2.45) is 0 Å². The van der Waals surface area contributed by atoms with Crippen LogP contribution in [0.4, 0.5) is 10.5 Å². The summed E-state index contributed by atoms with van der Waals surface area (Å²) in [7, 11) is 3.07. The van der Waals surface area contributed by atoms with Crippen molar-refractivity contribution >= 4 is 17.7 Å². The van der Waals surface area contributed by atoms with E-state index in [1.807, 2.05) is 0 Å². The average molecular weight is 388 g/mol. The van der Waals surface area contributed by atoms with E-state index in [9.17, 15) is 9.59 Å². The second-order valence-electron chi connectivity index (χ2n) is 5.49. The van der Waals surface area contributed by atoms with Crippen LogP contribution in [-0.4, -0.2) is 46.0 Å². The topological polar surface area (TPSA) is 95.1 Å². The summed E-state index contributed by atoms with van der Waals surface area (Å²) in [6, 6.07) is 11.5. The molecule has 0 aliphatic carbocycles. The highest BCUT2D eigenvalue weighted by Crippen LogP contribution is 2.36. The Hall–Kier alpha value is -3.42. The summed E-state index contributed by atoms with van der Waals surface area (Å²) < 4.78 is 21.1. The molecule has 28 heavy (non-hydrogen) atoms. The molecule has 0 saturated carbocycles. The molecule has 0 radical (unpaired) electrons. The standard InChI is InChI=1S/C20H24N2O6/c1-4-27-19(23)14-8-5-6-9-15(14)22-20(24)21-12-13-28-17-11-7-10-16(25-2)18(17)26-3/h5-11H,4,12-13H2,1-3H3,(H2,21,22,24). The van der Waals surface area contributed by atoms with Gasteiger partial charge in [0.15, 0.2) is 11.5 Å². The number of esters is 1. The van der Waals surface area contributed by atoms with Crippen LogP contribution in [0.15, 0.2) is 42.5 Å². The second-order valence-corrected chi connectivity index (χ2v) is 5.49. The third-order valence-electron chi connectivity index (χ3n) is 3.68. The van der Waals surface area contributed by atoms with Crippen LogP contribution in [0.2, 0.25) is 0 Å². The zero-order chi connectivity index (χ0) is 20.4. The van der Waals surface area contributed by atoms with Crippen LogP contribution in [-0.2, 0) is 4.74 Å². The van der Waals surface area contributed by atoms with Gasteiger partial charge in [-0.05, 0) is 31.2 Å². The van der Waals surface area contributed by atoms with Crippen molar-refractivity contribution in [2.75, 3.05) is 39.3 Å². The van der Waals surface area contributed by atoms with Crippen molar-refractivity contribution < 1.29 is 28.5 Å². The highest BCUT2D eigenvalue weighted by molar-refractivity contribution is 6.00. The molecular weight excluding hydrogens is 364 g/mol. The SMILES string of the molecule is CCOC(=O)c1ccccc1NC(=O)NCCOc1cccc(OC)c1OC. The highest BCUT2D eigenvalue weighted by Gasteiger charge is 2.14. The van der Waals surface area contributed by atoms with Crippen LogP contribution >= 0.6 is 0 Å². The molecule has 0 unspecified atom stereocenters. The van der Waals surface area contributed by atoms with Crippen molar-refractivity contribution in [3.8, 4) is 17.2 Å². The van der Waals surface area contributed by atoms with Gasteiger partial charge in [0.1, 0.15) is 6.61 Å². The monoisotopic (exact) mass is 388 g/mol. The molecule has 2 amide bonds. The van der Waals surface area contributed by atoms with E-state index in [-0.39, 0.29) is 25.3 Å². The molecule has 2 N–H and O–H groups in total. The number of para-hydroxylation sites is 2. The van der Waals surface area contributed by atoms with Gasteiger partial charge in [0.05, 0.1) is 38.6 Å². The number of carbonyl (C=O) groups excluding carboxylic acids is 2. The van der Waals surface area contributed by atoms with Gasteiger partial charge in [-0.15, -0.1) is 0 Å². The predicted octanol–water partition coefficient (Wildman–Crippen LogP) is 3.08. The molecule has 2 aromatic carbocycles. The number of rotatable bonds is 9. The van der Waals surface area contributed by atoms with Gasteiger partial charge >= 0.3 is 12.0 Å². The lowest BCUT2D eigenvalue weighted by Gasteiger charge is -2.14. The summed E-state index contributed by atoms with van der Waals surface area (Å²) in [6.45, 7) is 2.44. The summed E-state index contributed by atoms with van der Waals surface area (Å²) in [4.78, 5) is 24.0. The van der Waals surface area contributed by atoms with E-state index in [0.29, 0.717) is 22.9 Å². The summed E-state index contributed by atoms with van der Waals surface area (Å²) in [5.41, 5.74) is 0.658. The van der Waals surface area contributed by atoms with E-state index in [0.717, 1.165) is 0 Å². The number of nitrogens with one attached hydrogen (secondary N) is 2. The maximum atomic E-state index is 12.1. The number of hydrogen-bond donors (Lipinski definition) is 2. The smallest absolute Gasteiger partial charge is 0.340 e. The van der Waals surface area contributed by atoms with Gasteiger partial charge in [-0.2, -0.15) is 0 Å². The Morgan fingerprint density at radius 3 is 2.43 bits per heavy atom. The minimum absolute atomic E-state index is 0.219. The molecule has 8 heteroatoms. The fourth-order valence-corrected chi connectivity index (χ4v) is 2.44. The molecule has 0 aromatic heterocycles. The first-order chi connectivity index (χ1) is 13.6. The minimum atomic E-state index is -0.494. The highest BCUT2D eigenvalue weighted by atomic mass is 16.5. The maximum absolute atomic E-state index is 12.1. The molecule has 2 rings (SSSR count). The minimum Gasteiger partial charge on any atom is -0.493 e.